The Balaban J connectivity index is 2.31. The van der Waals surface area contributed by atoms with Crippen LogP contribution < -0.4 is 4.74 Å². The van der Waals surface area contributed by atoms with Crippen LogP contribution in [-0.2, 0) is 0 Å². The summed E-state index contributed by atoms with van der Waals surface area (Å²) in [6, 6.07) is 10.6. The molecule has 0 aromatic heterocycles. The molecule has 0 saturated heterocycles. The van der Waals surface area contributed by atoms with Gasteiger partial charge in [-0.3, -0.25) is 4.79 Å². The van der Waals surface area contributed by atoms with Crippen LogP contribution in [0.3, 0.4) is 0 Å². The summed E-state index contributed by atoms with van der Waals surface area (Å²) in [5.41, 5.74) is 0.618. The smallest absolute Gasteiger partial charge is 0.160 e. The van der Waals surface area contributed by atoms with Gasteiger partial charge in [-0.25, -0.2) is 0 Å². The normalized spacial score (nSPS) is 10.3. The van der Waals surface area contributed by atoms with E-state index < -0.39 is 0 Å². The van der Waals surface area contributed by atoms with Gasteiger partial charge in [-0.05, 0) is 59.3 Å². The van der Waals surface area contributed by atoms with Crippen LogP contribution in [0.1, 0.15) is 17.3 Å². The number of hydrogen-bond acceptors (Lipinski definition) is 2. The molecule has 0 aliphatic heterocycles. The Morgan fingerprint density at radius 3 is 2.53 bits per heavy atom. The lowest BCUT2D eigenvalue weighted by molar-refractivity contribution is 0.101. The van der Waals surface area contributed by atoms with Gasteiger partial charge in [-0.15, -0.1) is 0 Å². The number of rotatable bonds is 3. The zero-order valence-corrected chi connectivity index (χ0v) is 13.8. The van der Waals surface area contributed by atoms with Crippen molar-refractivity contribution in [2.75, 3.05) is 0 Å². The molecule has 2 aromatic carbocycles. The molecule has 0 fully saturated rings. The number of hydrogen-bond donors (Lipinski definition) is 0. The minimum atomic E-state index is -0.00101. The van der Waals surface area contributed by atoms with Gasteiger partial charge in [0.25, 0.3) is 0 Å². The predicted octanol–water partition coefficient (Wildman–Crippen LogP) is 5.86. The van der Waals surface area contributed by atoms with Crippen molar-refractivity contribution >= 4 is 49.2 Å². The first-order chi connectivity index (χ1) is 8.97. The van der Waals surface area contributed by atoms with Crippen molar-refractivity contribution in [3.8, 4) is 11.5 Å². The Hall–Kier alpha value is -0.840. The first kappa shape index (κ1) is 14.6. The first-order valence-electron chi connectivity index (χ1n) is 5.41. The van der Waals surface area contributed by atoms with Crippen molar-refractivity contribution in [3.63, 3.8) is 0 Å². The maximum atomic E-state index is 11.3. The van der Waals surface area contributed by atoms with E-state index in [-0.39, 0.29) is 5.78 Å². The number of halogens is 3. The zero-order valence-electron chi connectivity index (χ0n) is 9.91. The van der Waals surface area contributed by atoms with Gasteiger partial charge >= 0.3 is 0 Å². The van der Waals surface area contributed by atoms with Crippen LogP contribution in [0.25, 0.3) is 0 Å². The third-order valence-corrected chi connectivity index (χ3v) is 3.90. The van der Waals surface area contributed by atoms with Gasteiger partial charge in [0.2, 0.25) is 0 Å². The number of ether oxygens (including phenoxy) is 1. The Morgan fingerprint density at radius 1 is 1.16 bits per heavy atom. The van der Waals surface area contributed by atoms with Crippen molar-refractivity contribution in [3.05, 3.63) is 55.9 Å². The summed E-state index contributed by atoms with van der Waals surface area (Å²) in [5.74, 6) is 1.16. The van der Waals surface area contributed by atoms with E-state index in [0.717, 1.165) is 4.47 Å². The Morgan fingerprint density at radius 2 is 1.89 bits per heavy atom. The van der Waals surface area contributed by atoms with Crippen LogP contribution in [0.4, 0.5) is 0 Å². The number of Topliss-reactive ketones (excluding diaryl/α,β-unsaturated/α-hetero) is 1. The third-order valence-electron chi connectivity index (χ3n) is 2.44. The monoisotopic (exact) mass is 402 g/mol. The van der Waals surface area contributed by atoms with Crippen LogP contribution in [0.15, 0.2) is 45.3 Å². The average molecular weight is 404 g/mol. The Bertz CT molecular complexity index is 641. The standard InChI is InChI=1S/C14H9Br2ClO2/c1-8(18)11-4-3-10(7-12(11)16)19-14-6-9(15)2-5-13(14)17/h2-7H,1H3. The third kappa shape index (κ3) is 3.59. The van der Waals surface area contributed by atoms with E-state index in [1.165, 1.54) is 6.92 Å². The molecule has 2 nitrogen and oxygen atoms in total. The second-order valence-electron chi connectivity index (χ2n) is 3.87. The van der Waals surface area contributed by atoms with Gasteiger partial charge in [0.15, 0.2) is 5.78 Å². The summed E-state index contributed by atoms with van der Waals surface area (Å²) < 4.78 is 7.28. The lowest BCUT2D eigenvalue weighted by Gasteiger charge is -2.09. The molecular formula is C14H9Br2ClO2. The zero-order chi connectivity index (χ0) is 14.0. The highest BCUT2D eigenvalue weighted by Crippen LogP contribution is 2.33. The van der Waals surface area contributed by atoms with Crippen LogP contribution in [-0.4, -0.2) is 5.78 Å². The molecule has 0 aliphatic rings. The molecule has 5 heteroatoms. The average Bonchev–Trinajstić information content (AvgIpc) is 2.33. The van der Waals surface area contributed by atoms with Crippen LogP contribution >= 0.6 is 43.5 Å². The van der Waals surface area contributed by atoms with Gasteiger partial charge < -0.3 is 4.74 Å². The van der Waals surface area contributed by atoms with E-state index in [1.807, 2.05) is 6.07 Å². The van der Waals surface area contributed by atoms with Crippen molar-refractivity contribution in [1.82, 2.24) is 0 Å². The highest BCUT2D eigenvalue weighted by molar-refractivity contribution is 9.10. The van der Waals surface area contributed by atoms with Crippen LogP contribution in [0.5, 0.6) is 11.5 Å². The van der Waals surface area contributed by atoms with Gasteiger partial charge in [0.1, 0.15) is 11.5 Å². The lowest BCUT2D eigenvalue weighted by atomic mass is 10.1. The van der Waals surface area contributed by atoms with Crippen molar-refractivity contribution < 1.29 is 9.53 Å². The fourth-order valence-electron chi connectivity index (χ4n) is 1.53. The summed E-state index contributed by atoms with van der Waals surface area (Å²) in [4.78, 5) is 11.3. The van der Waals surface area contributed by atoms with Crippen molar-refractivity contribution in [1.29, 1.82) is 0 Å². The molecule has 2 aromatic rings. The van der Waals surface area contributed by atoms with E-state index in [9.17, 15) is 4.79 Å². The minimum absolute atomic E-state index is 0.00101. The minimum Gasteiger partial charge on any atom is -0.456 e. The second-order valence-corrected chi connectivity index (χ2v) is 6.05. The summed E-state index contributed by atoms with van der Waals surface area (Å²) in [6.07, 6.45) is 0. The maximum Gasteiger partial charge on any atom is 0.160 e. The lowest BCUT2D eigenvalue weighted by Crippen LogP contribution is -1.94. The molecule has 19 heavy (non-hydrogen) atoms. The molecule has 98 valence electrons. The SMILES string of the molecule is CC(=O)c1ccc(Oc2cc(Br)ccc2Cl)cc1Br. The van der Waals surface area contributed by atoms with E-state index >= 15 is 0 Å². The molecule has 0 bridgehead atoms. The van der Waals surface area contributed by atoms with E-state index in [1.54, 1.807) is 30.3 Å². The number of carbonyl (C=O) groups excluding carboxylic acids is 1. The molecule has 0 unspecified atom stereocenters. The predicted molar refractivity (Wildman–Crippen MR) is 83.4 cm³/mol. The molecule has 0 radical (unpaired) electrons. The van der Waals surface area contributed by atoms with E-state index in [0.29, 0.717) is 26.6 Å². The van der Waals surface area contributed by atoms with E-state index in [4.69, 9.17) is 16.3 Å². The Kier molecular flexibility index (Phi) is 4.66. The molecule has 2 rings (SSSR count). The van der Waals surface area contributed by atoms with Crippen molar-refractivity contribution in [2.45, 2.75) is 6.92 Å². The van der Waals surface area contributed by atoms with Gasteiger partial charge in [0.05, 0.1) is 5.02 Å². The van der Waals surface area contributed by atoms with Crippen LogP contribution in [0.2, 0.25) is 5.02 Å². The summed E-state index contributed by atoms with van der Waals surface area (Å²) >= 11 is 12.8. The van der Waals surface area contributed by atoms with Gasteiger partial charge in [-0.1, -0.05) is 27.5 Å². The fraction of sp³-hybridized carbons (Fsp3) is 0.0714. The topological polar surface area (TPSA) is 26.3 Å². The summed E-state index contributed by atoms with van der Waals surface area (Å²) in [6.45, 7) is 1.52. The second kappa shape index (κ2) is 6.07. The molecular weight excluding hydrogens is 395 g/mol. The van der Waals surface area contributed by atoms with E-state index in [2.05, 4.69) is 31.9 Å². The summed E-state index contributed by atoms with van der Waals surface area (Å²) in [7, 11) is 0. The highest BCUT2D eigenvalue weighted by atomic mass is 79.9. The fourth-order valence-corrected chi connectivity index (χ4v) is 2.66. The molecule has 0 saturated carbocycles. The molecule has 0 atom stereocenters. The molecule has 0 aliphatic carbocycles. The maximum absolute atomic E-state index is 11.3. The number of carbonyl (C=O) groups is 1. The van der Waals surface area contributed by atoms with Gasteiger partial charge in [-0.2, -0.15) is 0 Å². The summed E-state index contributed by atoms with van der Waals surface area (Å²) in [5, 5.41) is 0.523. The quantitative estimate of drug-likeness (QED) is 0.599. The van der Waals surface area contributed by atoms with Crippen LogP contribution in [0, 0.1) is 0 Å². The van der Waals surface area contributed by atoms with Gasteiger partial charge in [0, 0.05) is 14.5 Å². The molecule has 0 N–H and O–H groups in total. The molecule has 0 heterocycles. The largest absolute Gasteiger partial charge is 0.456 e. The molecule has 0 amide bonds. The highest BCUT2D eigenvalue weighted by Gasteiger charge is 2.08. The van der Waals surface area contributed by atoms with Crippen molar-refractivity contribution in [2.24, 2.45) is 0 Å². The molecule has 0 spiro atoms. The first-order valence-corrected chi connectivity index (χ1v) is 7.37. The number of ketones is 1. The Labute approximate surface area is 133 Å². The number of benzene rings is 2.